The van der Waals surface area contributed by atoms with Gasteiger partial charge in [0.15, 0.2) is 0 Å². The van der Waals surface area contributed by atoms with E-state index in [4.69, 9.17) is 0 Å². The number of alkyl halides is 3. The normalized spacial score (nSPS) is 15.2. The van der Waals surface area contributed by atoms with Crippen LogP contribution in [0.15, 0.2) is 30.3 Å². The van der Waals surface area contributed by atoms with Crippen molar-refractivity contribution in [3.63, 3.8) is 0 Å². The molecule has 1 rings (SSSR count). The lowest BCUT2D eigenvalue weighted by atomic mass is 9.94. The van der Waals surface area contributed by atoms with Crippen molar-refractivity contribution in [1.82, 2.24) is 10.2 Å². The van der Waals surface area contributed by atoms with Gasteiger partial charge in [0.25, 0.3) is 0 Å². The van der Waals surface area contributed by atoms with Gasteiger partial charge < -0.3 is 5.32 Å². The minimum absolute atomic E-state index is 0.0544. The Hall–Kier alpha value is -1.07. The van der Waals surface area contributed by atoms with Crippen molar-refractivity contribution in [3.05, 3.63) is 35.9 Å². The number of nitrogens with zero attached hydrogens (tertiary/aromatic N) is 1. The molecule has 1 aromatic rings. The third kappa shape index (κ3) is 6.48. The molecule has 0 aliphatic rings. The lowest BCUT2D eigenvalue weighted by Gasteiger charge is -2.31. The SMILES string of the molecule is CCCN(CC(C)C(NC)c1ccccc1)CC(F)(F)F. The molecule has 0 heterocycles. The van der Waals surface area contributed by atoms with Crippen LogP contribution in [0.5, 0.6) is 0 Å². The Morgan fingerprint density at radius 1 is 1.19 bits per heavy atom. The zero-order chi connectivity index (χ0) is 15.9. The average molecular weight is 302 g/mol. The van der Waals surface area contributed by atoms with E-state index in [2.05, 4.69) is 5.32 Å². The van der Waals surface area contributed by atoms with E-state index in [1.54, 1.807) is 0 Å². The molecule has 5 heteroatoms. The van der Waals surface area contributed by atoms with Crippen LogP contribution in [0.3, 0.4) is 0 Å². The standard InChI is InChI=1S/C16H25F3N2/c1-4-10-21(12-16(17,18)19)11-13(2)15(20-3)14-8-6-5-7-9-14/h5-9,13,15,20H,4,10-12H2,1-3H3. The highest BCUT2D eigenvalue weighted by Crippen LogP contribution is 2.24. The molecule has 0 saturated carbocycles. The molecule has 1 N–H and O–H groups in total. The number of benzene rings is 1. The van der Waals surface area contributed by atoms with Crippen LogP contribution in [0.25, 0.3) is 0 Å². The quantitative estimate of drug-likeness (QED) is 0.784. The summed E-state index contributed by atoms with van der Waals surface area (Å²) < 4.78 is 37.9. The van der Waals surface area contributed by atoms with Gasteiger partial charge in [0.2, 0.25) is 0 Å². The van der Waals surface area contributed by atoms with Gasteiger partial charge in [0.1, 0.15) is 0 Å². The van der Waals surface area contributed by atoms with Crippen molar-refractivity contribution in [2.75, 3.05) is 26.7 Å². The van der Waals surface area contributed by atoms with Crippen molar-refractivity contribution in [2.24, 2.45) is 5.92 Å². The van der Waals surface area contributed by atoms with E-state index < -0.39 is 12.7 Å². The van der Waals surface area contributed by atoms with Crippen LogP contribution < -0.4 is 5.32 Å². The predicted molar refractivity (Wildman–Crippen MR) is 80.2 cm³/mol. The highest BCUT2D eigenvalue weighted by Gasteiger charge is 2.31. The van der Waals surface area contributed by atoms with Gasteiger partial charge in [-0.3, -0.25) is 4.90 Å². The van der Waals surface area contributed by atoms with Crippen LogP contribution in [0.2, 0.25) is 0 Å². The Morgan fingerprint density at radius 3 is 2.29 bits per heavy atom. The van der Waals surface area contributed by atoms with Crippen LogP contribution in [0.1, 0.15) is 31.9 Å². The summed E-state index contributed by atoms with van der Waals surface area (Å²) in [4.78, 5) is 1.50. The van der Waals surface area contributed by atoms with Crippen molar-refractivity contribution < 1.29 is 13.2 Å². The van der Waals surface area contributed by atoms with Gasteiger partial charge in [-0.25, -0.2) is 0 Å². The minimum Gasteiger partial charge on any atom is -0.313 e. The van der Waals surface area contributed by atoms with Gasteiger partial charge in [-0.05, 0) is 31.5 Å². The zero-order valence-electron chi connectivity index (χ0n) is 13.0. The van der Waals surface area contributed by atoms with E-state index in [0.29, 0.717) is 13.1 Å². The number of rotatable bonds is 8. The lowest BCUT2D eigenvalue weighted by Crippen LogP contribution is -2.40. The van der Waals surface area contributed by atoms with Crippen molar-refractivity contribution in [2.45, 2.75) is 32.5 Å². The molecule has 120 valence electrons. The highest BCUT2D eigenvalue weighted by molar-refractivity contribution is 5.19. The predicted octanol–water partition coefficient (Wildman–Crippen LogP) is 3.86. The molecule has 1 aromatic carbocycles. The summed E-state index contributed by atoms with van der Waals surface area (Å²) >= 11 is 0. The number of nitrogens with one attached hydrogen (secondary N) is 1. The van der Waals surface area contributed by atoms with Gasteiger partial charge in [-0.15, -0.1) is 0 Å². The number of hydrogen-bond donors (Lipinski definition) is 1. The maximum absolute atomic E-state index is 12.6. The van der Waals surface area contributed by atoms with Crippen LogP contribution in [0.4, 0.5) is 13.2 Å². The first kappa shape index (κ1) is 18.0. The Balaban J connectivity index is 2.72. The Labute approximate surface area is 125 Å². The molecule has 2 atom stereocenters. The molecule has 2 nitrogen and oxygen atoms in total. The van der Waals surface area contributed by atoms with E-state index in [0.717, 1.165) is 12.0 Å². The molecular weight excluding hydrogens is 277 g/mol. The molecule has 0 aromatic heterocycles. The smallest absolute Gasteiger partial charge is 0.313 e. The summed E-state index contributed by atoms with van der Waals surface area (Å²) in [6, 6.07) is 9.90. The molecule has 0 bridgehead atoms. The molecule has 0 radical (unpaired) electrons. The van der Waals surface area contributed by atoms with Gasteiger partial charge in [0, 0.05) is 12.6 Å². The van der Waals surface area contributed by atoms with Crippen LogP contribution in [-0.4, -0.2) is 37.8 Å². The molecule has 21 heavy (non-hydrogen) atoms. The molecule has 0 saturated heterocycles. The fraction of sp³-hybridized carbons (Fsp3) is 0.625. The summed E-state index contributed by atoms with van der Waals surface area (Å²) in [7, 11) is 1.85. The zero-order valence-corrected chi connectivity index (χ0v) is 13.0. The number of hydrogen-bond acceptors (Lipinski definition) is 2. The van der Waals surface area contributed by atoms with E-state index in [-0.39, 0.29) is 12.0 Å². The molecule has 0 fully saturated rings. The first-order chi connectivity index (χ1) is 9.87. The highest BCUT2D eigenvalue weighted by atomic mass is 19.4. The first-order valence-electron chi connectivity index (χ1n) is 7.38. The second-order valence-corrected chi connectivity index (χ2v) is 5.50. The third-order valence-electron chi connectivity index (χ3n) is 3.53. The Bertz CT molecular complexity index is 392. The minimum atomic E-state index is -4.14. The number of halogens is 3. The van der Waals surface area contributed by atoms with Crippen molar-refractivity contribution in [3.8, 4) is 0 Å². The maximum atomic E-state index is 12.6. The van der Waals surface area contributed by atoms with Gasteiger partial charge in [-0.1, -0.05) is 44.2 Å². The lowest BCUT2D eigenvalue weighted by molar-refractivity contribution is -0.147. The summed E-state index contributed by atoms with van der Waals surface area (Å²) in [6.45, 7) is 3.95. The maximum Gasteiger partial charge on any atom is 0.401 e. The van der Waals surface area contributed by atoms with Gasteiger partial charge in [0.05, 0.1) is 6.54 Å². The summed E-state index contributed by atoms with van der Waals surface area (Å²) in [5.74, 6) is 0.0892. The molecule has 0 aliphatic carbocycles. The second kappa shape index (κ2) is 8.39. The molecular formula is C16H25F3N2. The summed E-state index contributed by atoms with van der Waals surface area (Å²) in [6.07, 6.45) is -3.42. The average Bonchev–Trinajstić information content (AvgIpc) is 2.39. The van der Waals surface area contributed by atoms with Crippen LogP contribution >= 0.6 is 0 Å². The summed E-state index contributed by atoms with van der Waals surface area (Å²) in [5, 5.41) is 3.22. The van der Waals surface area contributed by atoms with Crippen molar-refractivity contribution >= 4 is 0 Å². The largest absolute Gasteiger partial charge is 0.401 e. The van der Waals surface area contributed by atoms with E-state index in [9.17, 15) is 13.2 Å². The fourth-order valence-corrected chi connectivity index (χ4v) is 2.76. The molecule has 0 amide bonds. The van der Waals surface area contributed by atoms with E-state index >= 15 is 0 Å². The van der Waals surface area contributed by atoms with Gasteiger partial charge >= 0.3 is 6.18 Å². The van der Waals surface area contributed by atoms with E-state index in [1.165, 1.54) is 4.90 Å². The summed E-state index contributed by atoms with van der Waals surface area (Å²) in [5.41, 5.74) is 1.11. The second-order valence-electron chi connectivity index (χ2n) is 5.50. The molecule has 0 spiro atoms. The Kier molecular flexibility index (Phi) is 7.18. The van der Waals surface area contributed by atoms with Crippen LogP contribution in [-0.2, 0) is 0 Å². The first-order valence-corrected chi connectivity index (χ1v) is 7.38. The van der Waals surface area contributed by atoms with Crippen molar-refractivity contribution in [1.29, 1.82) is 0 Å². The van der Waals surface area contributed by atoms with Crippen LogP contribution in [0, 0.1) is 5.92 Å². The monoisotopic (exact) mass is 302 g/mol. The molecule has 2 unspecified atom stereocenters. The van der Waals surface area contributed by atoms with Gasteiger partial charge in [-0.2, -0.15) is 13.2 Å². The Morgan fingerprint density at radius 2 is 1.81 bits per heavy atom. The topological polar surface area (TPSA) is 15.3 Å². The fourth-order valence-electron chi connectivity index (χ4n) is 2.76. The third-order valence-corrected chi connectivity index (χ3v) is 3.53. The molecule has 0 aliphatic heterocycles. The van der Waals surface area contributed by atoms with E-state index in [1.807, 2.05) is 51.2 Å².